The van der Waals surface area contributed by atoms with E-state index in [9.17, 15) is 18.0 Å². The van der Waals surface area contributed by atoms with Crippen molar-refractivity contribution in [1.82, 2.24) is 9.62 Å². The van der Waals surface area contributed by atoms with Crippen LogP contribution in [0.15, 0.2) is 41.3 Å². The highest BCUT2D eigenvalue weighted by molar-refractivity contribution is 7.89. The largest absolute Gasteiger partial charge is 0.495 e. The zero-order chi connectivity index (χ0) is 23.9. The van der Waals surface area contributed by atoms with Gasteiger partial charge in [0.2, 0.25) is 15.9 Å². The summed E-state index contributed by atoms with van der Waals surface area (Å²) in [6.45, 7) is 3.98. The number of halogens is 1. The van der Waals surface area contributed by atoms with Gasteiger partial charge in [-0.25, -0.2) is 8.42 Å². The van der Waals surface area contributed by atoms with Gasteiger partial charge in [-0.1, -0.05) is 25.4 Å². The van der Waals surface area contributed by atoms with Crippen LogP contribution in [0.2, 0.25) is 5.02 Å². The van der Waals surface area contributed by atoms with Gasteiger partial charge < -0.3 is 20.7 Å². The zero-order valence-corrected chi connectivity index (χ0v) is 19.9. The number of hydrogen-bond donors (Lipinski definition) is 3. The number of carbonyl (C=O) groups is 2. The molecule has 3 N–H and O–H groups in total. The summed E-state index contributed by atoms with van der Waals surface area (Å²) in [5.74, 6) is -0.427. The Balaban J connectivity index is 2.20. The van der Waals surface area contributed by atoms with E-state index in [1.807, 2.05) is 0 Å². The molecule has 11 heteroatoms. The Morgan fingerprint density at radius 1 is 1.06 bits per heavy atom. The molecule has 0 atom stereocenters. The van der Waals surface area contributed by atoms with Crippen LogP contribution in [0.3, 0.4) is 0 Å². The summed E-state index contributed by atoms with van der Waals surface area (Å²) in [5.41, 5.74) is 1.02. The maximum Gasteiger partial charge on any atom is 0.251 e. The van der Waals surface area contributed by atoms with Crippen molar-refractivity contribution < 1.29 is 22.7 Å². The highest BCUT2D eigenvalue weighted by Gasteiger charge is 2.23. The molecule has 2 amide bonds. The van der Waals surface area contributed by atoms with E-state index in [2.05, 4.69) is 16.0 Å². The monoisotopic (exact) mass is 482 g/mol. The molecule has 0 aliphatic heterocycles. The predicted molar refractivity (Wildman–Crippen MR) is 125 cm³/mol. The number of ether oxygens (including phenoxy) is 1. The Morgan fingerprint density at radius 2 is 1.75 bits per heavy atom. The van der Waals surface area contributed by atoms with Crippen molar-refractivity contribution in [2.24, 2.45) is 0 Å². The maximum atomic E-state index is 12.8. The van der Waals surface area contributed by atoms with Crippen LogP contribution in [0.25, 0.3) is 0 Å². The van der Waals surface area contributed by atoms with Crippen molar-refractivity contribution in [3.63, 3.8) is 0 Å². The van der Waals surface area contributed by atoms with Gasteiger partial charge in [-0.15, -0.1) is 0 Å². The van der Waals surface area contributed by atoms with Crippen LogP contribution in [0, 0.1) is 0 Å². The van der Waals surface area contributed by atoms with Crippen LogP contribution in [-0.2, 0) is 14.8 Å². The molecule has 2 aromatic rings. The van der Waals surface area contributed by atoms with E-state index in [0.29, 0.717) is 35.1 Å². The second-order valence-corrected chi connectivity index (χ2v) is 8.97. The number of methoxy groups -OCH3 is 1. The summed E-state index contributed by atoms with van der Waals surface area (Å²) in [6, 6.07) is 8.94. The quantitative estimate of drug-likeness (QED) is 0.479. The van der Waals surface area contributed by atoms with E-state index in [1.165, 1.54) is 42.7 Å². The molecule has 0 bridgehead atoms. The molecule has 9 nitrogen and oxygen atoms in total. The normalized spacial score (nSPS) is 11.2. The molecule has 0 heterocycles. The Kier molecular flexibility index (Phi) is 8.88. The van der Waals surface area contributed by atoms with Crippen LogP contribution in [0.5, 0.6) is 5.75 Å². The van der Waals surface area contributed by atoms with Gasteiger partial charge in [0.1, 0.15) is 5.75 Å². The third-order valence-electron chi connectivity index (χ3n) is 4.68. The second kappa shape index (κ2) is 11.2. The molecule has 174 valence electrons. The summed E-state index contributed by atoms with van der Waals surface area (Å²) < 4.78 is 32.2. The van der Waals surface area contributed by atoms with Gasteiger partial charge >= 0.3 is 0 Å². The molecule has 0 radical (unpaired) electrons. The minimum Gasteiger partial charge on any atom is -0.495 e. The number of carbonyl (C=O) groups excluding carboxylic acids is 2. The van der Waals surface area contributed by atoms with E-state index in [4.69, 9.17) is 16.3 Å². The van der Waals surface area contributed by atoms with Crippen molar-refractivity contribution in [3.05, 3.63) is 47.0 Å². The SMILES string of the molecule is CCN(CC)S(=O)(=O)c1ccc(OC)c(NC(=O)CNc2cc(C(=O)NC)ccc2Cl)c1. The van der Waals surface area contributed by atoms with Crippen LogP contribution in [-0.4, -0.2) is 58.3 Å². The van der Waals surface area contributed by atoms with Gasteiger partial charge in [0.05, 0.1) is 34.9 Å². The predicted octanol–water partition coefficient (Wildman–Crippen LogP) is 2.79. The van der Waals surface area contributed by atoms with Crippen LogP contribution >= 0.6 is 11.6 Å². The van der Waals surface area contributed by atoms with E-state index < -0.39 is 15.9 Å². The smallest absolute Gasteiger partial charge is 0.251 e. The van der Waals surface area contributed by atoms with Crippen molar-refractivity contribution in [2.75, 3.05) is 44.4 Å². The first kappa shape index (κ1) is 25.4. The first-order valence-electron chi connectivity index (χ1n) is 9.91. The number of rotatable bonds is 10. The highest BCUT2D eigenvalue weighted by atomic mass is 35.5. The van der Waals surface area contributed by atoms with E-state index in [0.717, 1.165) is 0 Å². The Hall–Kier alpha value is -2.82. The molecule has 0 aliphatic rings. The number of anilines is 2. The highest BCUT2D eigenvalue weighted by Crippen LogP contribution is 2.29. The lowest BCUT2D eigenvalue weighted by atomic mass is 10.2. The molecule has 0 aliphatic carbocycles. The Labute approximate surface area is 193 Å². The number of nitrogens with zero attached hydrogens (tertiary/aromatic N) is 1. The fourth-order valence-electron chi connectivity index (χ4n) is 2.97. The van der Waals surface area contributed by atoms with E-state index in [-0.39, 0.29) is 23.0 Å². The first-order valence-corrected chi connectivity index (χ1v) is 11.7. The molecule has 0 aromatic heterocycles. The molecule has 0 unspecified atom stereocenters. The number of nitrogens with one attached hydrogen (secondary N) is 3. The third-order valence-corrected chi connectivity index (χ3v) is 7.06. The first-order chi connectivity index (χ1) is 15.2. The summed E-state index contributed by atoms with van der Waals surface area (Å²) in [5, 5.41) is 8.39. The molecular weight excluding hydrogens is 456 g/mol. The molecule has 0 spiro atoms. The molecule has 2 aromatic carbocycles. The Morgan fingerprint density at radius 3 is 2.34 bits per heavy atom. The standard InChI is InChI=1S/C21H27ClN4O5S/c1-5-26(6-2)32(29,30)15-8-10-19(31-4)18(12-15)25-20(27)13-24-17-11-14(21(28)23-3)7-9-16(17)22/h7-12,24H,5-6,13H2,1-4H3,(H,23,28)(H,25,27). The lowest BCUT2D eigenvalue weighted by Gasteiger charge is -2.19. The summed E-state index contributed by atoms with van der Waals surface area (Å²) in [6.07, 6.45) is 0. The van der Waals surface area contributed by atoms with E-state index >= 15 is 0 Å². The number of amides is 2. The Bertz CT molecular complexity index is 1090. The molecule has 0 fully saturated rings. The lowest BCUT2D eigenvalue weighted by Crippen LogP contribution is -2.30. The lowest BCUT2D eigenvalue weighted by molar-refractivity contribution is -0.114. The van der Waals surface area contributed by atoms with Crippen LogP contribution < -0.4 is 20.7 Å². The molecule has 32 heavy (non-hydrogen) atoms. The molecular formula is C21H27ClN4O5S. The van der Waals surface area contributed by atoms with E-state index in [1.54, 1.807) is 26.0 Å². The summed E-state index contributed by atoms with van der Waals surface area (Å²) in [7, 11) is -0.770. The van der Waals surface area contributed by atoms with Crippen molar-refractivity contribution in [2.45, 2.75) is 18.7 Å². The minimum atomic E-state index is -3.71. The van der Waals surface area contributed by atoms with Crippen LogP contribution in [0.4, 0.5) is 11.4 Å². The topological polar surface area (TPSA) is 117 Å². The molecule has 0 saturated heterocycles. The zero-order valence-electron chi connectivity index (χ0n) is 18.4. The average Bonchev–Trinajstić information content (AvgIpc) is 2.78. The van der Waals surface area contributed by atoms with Crippen LogP contribution in [0.1, 0.15) is 24.2 Å². The van der Waals surface area contributed by atoms with Gasteiger partial charge in [-0.2, -0.15) is 4.31 Å². The van der Waals surface area contributed by atoms with Crippen molar-refractivity contribution >= 4 is 44.8 Å². The average molecular weight is 483 g/mol. The van der Waals surface area contributed by atoms with Gasteiger partial charge in [-0.05, 0) is 36.4 Å². The number of benzene rings is 2. The summed E-state index contributed by atoms with van der Waals surface area (Å²) >= 11 is 6.15. The van der Waals surface area contributed by atoms with Gasteiger partial charge in [0.25, 0.3) is 5.91 Å². The molecule has 2 rings (SSSR count). The van der Waals surface area contributed by atoms with Crippen molar-refractivity contribution in [1.29, 1.82) is 0 Å². The maximum absolute atomic E-state index is 12.8. The van der Waals surface area contributed by atoms with Gasteiger partial charge in [-0.3, -0.25) is 9.59 Å². The fourth-order valence-corrected chi connectivity index (χ4v) is 4.64. The fraction of sp³-hybridized carbons (Fsp3) is 0.333. The minimum absolute atomic E-state index is 0.0478. The second-order valence-electron chi connectivity index (χ2n) is 6.63. The number of sulfonamides is 1. The van der Waals surface area contributed by atoms with Gasteiger partial charge in [0.15, 0.2) is 0 Å². The summed E-state index contributed by atoms with van der Waals surface area (Å²) in [4.78, 5) is 24.4. The molecule has 0 saturated carbocycles. The van der Waals surface area contributed by atoms with Gasteiger partial charge in [0, 0.05) is 25.7 Å². The number of hydrogen-bond acceptors (Lipinski definition) is 6. The third kappa shape index (κ3) is 5.90. The van der Waals surface area contributed by atoms with Crippen molar-refractivity contribution in [3.8, 4) is 5.75 Å².